The minimum absolute atomic E-state index is 0.206. The van der Waals surface area contributed by atoms with Crippen molar-refractivity contribution in [1.29, 1.82) is 0 Å². The second-order valence-corrected chi connectivity index (χ2v) is 6.28. The lowest BCUT2D eigenvalue weighted by Gasteiger charge is -2.42. The van der Waals surface area contributed by atoms with Crippen molar-refractivity contribution >= 4 is 0 Å². The fraction of sp³-hybridized carbons (Fsp3) is 0.500. The van der Waals surface area contributed by atoms with Crippen molar-refractivity contribution in [1.82, 2.24) is 15.2 Å². The lowest BCUT2D eigenvalue weighted by Crippen LogP contribution is -2.51. The number of methoxy groups -OCH3 is 1. The zero-order chi connectivity index (χ0) is 16.2. The van der Waals surface area contributed by atoms with Crippen LogP contribution in [0.1, 0.15) is 26.6 Å². The van der Waals surface area contributed by atoms with Crippen molar-refractivity contribution in [3.63, 3.8) is 0 Å². The van der Waals surface area contributed by atoms with Gasteiger partial charge >= 0.3 is 0 Å². The summed E-state index contributed by atoms with van der Waals surface area (Å²) in [5.41, 5.74) is -0.814. The number of ether oxygens (including phenoxy) is 2. The van der Waals surface area contributed by atoms with E-state index in [-0.39, 0.29) is 11.2 Å². The molecule has 2 rings (SSSR count). The quantitative estimate of drug-likeness (QED) is 0.891. The molecule has 0 spiro atoms. The van der Waals surface area contributed by atoms with Crippen molar-refractivity contribution in [3.8, 4) is 5.75 Å². The number of aromatic amines is 1. The summed E-state index contributed by atoms with van der Waals surface area (Å²) in [7, 11) is 1.66. The highest BCUT2D eigenvalue weighted by atomic mass is 19.1. The van der Waals surface area contributed by atoms with E-state index >= 15 is 0 Å². The number of nitrogens with zero attached hydrogens (tertiary/aromatic N) is 2. The second-order valence-electron chi connectivity index (χ2n) is 6.28. The minimum Gasteiger partial charge on any atom is -0.491 e. The largest absolute Gasteiger partial charge is 0.491 e. The molecular formula is C16H22FN3O2. The van der Waals surface area contributed by atoms with Crippen LogP contribution < -0.4 is 4.74 Å². The molecule has 0 aliphatic carbocycles. The zero-order valence-electron chi connectivity index (χ0n) is 13.4. The number of hydrogen-bond acceptors (Lipinski definition) is 4. The molecule has 1 N–H and O–H groups in total. The van der Waals surface area contributed by atoms with Gasteiger partial charge in [0.05, 0.1) is 0 Å². The first-order valence-corrected chi connectivity index (χ1v) is 7.14. The van der Waals surface area contributed by atoms with Crippen LogP contribution in [0, 0.1) is 11.2 Å². The molecule has 0 bridgehead atoms. The van der Waals surface area contributed by atoms with E-state index in [4.69, 9.17) is 9.47 Å². The van der Waals surface area contributed by atoms with Gasteiger partial charge in [0.1, 0.15) is 30.1 Å². The molecule has 1 aromatic heterocycles. The molecule has 1 heterocycles. The maximum Gasteiger partial charge on any atom is 0.153 e. The van der Waals surface area contributed by atoms with E-state index in [0.717, 1.165) is 0 Å². The Hall–Kier alpha value is -1.95. The summed E-state index contributed by atoms with van der Waals surface area (Å²) in [4.78, 5) is 4.18. The van der Waals surface area contributed by atoms with Gasteiger partial charge in [-0.2, -0.15) is 5.10 Å². The van der Waals surface area contributed by atoms with Crippen LogP contribution in [-0.4, -0.2) is 34.5 Å². The van der Waals surface area contributed by atoms with E-state index in [9.17, 15) is 4.39 Å². The van der Waals surface area contributed by atoms with Crippen molar-refractivity contribution < 1.29 is 13.9 Å². The van der Waals surface area contributed by atoms with Crippen LogP contribution in [0.2, 0.25) is 0 Å². The van der Waals surface area contributed by atoms with Gasteiger partial charge in [0.15, 0.2) is 5.82 Å². The number of halogens is 1. The predicted molar refractivity (Wildman–Crippen MR) is 81.2 cm³/mol. The first-order valence-electron chi connectivity index (χ1n) is 7.14. The monoisotopic (exact) mass is 307 g/mol. The molecule has 2 aromatic rings. The standard InChI is InChI=1S/C16H22FN3O2/c1-15(2,3)16(21-4,9-14-18-11-19-20-14)10-22-13-7-5-12(17)6-8-13/h5-8,11H,9-10H2,1-4H3,(H,18,19,20). The Morgan fingerprint density at radius 1 is 1.18 bits per heavy atom. The first-order chi connectivity index (χ1) is 10.4. The highest BCUT2D eigenvalue weighted by Gasteiger charge is 2.44. The van der Waals surface area contributed by atoms with Crippen LogP contribution >= 0.6 is 0 Å². The Bertz CT molecular complexity index is 578. The SMILES string of the molecule is COC(COc1ccc(F)cc1)(Cc1nc[nH]n1)C(C)(C)C. The molecule has 22 heavy (non-hydrogen) atoms. The first kappa shape index (κ1) is 16.4. The molecule has 0 amide bonds. The normalized spacial score (nSPS) is 14.6. The molecule has 120 valence electrons. The van der Waals surface area contributed by atoms with Gasteiger partial charge in [-0.25, -0.2) is 9.37 Å². The molecule has 5 nitrogen and oxygen atoms in total. The Morgan fingerprint density at radius 2 is 1.86 bits per heavy atom. The molecule has 6 heteroatoms. The van der Waals surface area contributed by atoms with Gasteiger partial charge in [-0.15, -0.1) is 0 Å². The number of aromatic nitrogens is 3. The fourth-order valence-electron chi connectivity index (χ4n) is 2.28. The maximum atomic E-state index is 13.0. The van der Waals surface area contributed by atoms with Crippen molar-refractivity contribution in [3.05, 3.63) is 42.2 Å². The van der Waals surface area contributed by atoms with Gasteiger partial charge < -0.3 is 9.47 Å². The minimum atomic E-state index is -0.608. The molecule has 0 aliphatic heterocycles. The van der Waals surface area contributed by atoms with E-state index in [0.29, 0.717) is 24.6 Å². The second kappa shape index (κ2) is 6.44. The van der Waals surface area contributed by atoms with Crippen molar-refractivity contribution in [2.45, 2.75) is 32.8 Å². The van der Waals surface area contributed by atoms with Crippen LogP contribution in [0.4, 0.5) is 4.39 Å². The van der Waals surface area contributed by atoms with E-state index in [1.165, 1.54) is 12.1 Å². The highest BCUT2D eigenvalue weighted by Crippen LogP contribution is 2.36. The summed E-state index contributed by atoms with van der Waals surface area (Å²) >= 11 is 0. The third kappa shape index (κ3) is 3.62. The molecule has 0 fully saturated rings. The number of hydrogen-bond donors (Lipinski definition) is 1. The predicted octanol–water partition coefficient (Wildman–Crippen LogP) is 3.00. The summed E-state index contributed by atoms with van der Waals surface area (Å²) in [5.74, 6) is 0.975. The molecule has 0 saturated heterocycles. The van der Waals surface area contributed by atoms with Crippen LogP contribution in [-0.2, 0) is 11.2 Å². The number of H-pyrrole nitrogens is 1. The van der Waals surface area contributed by atoms with E-state index < -0.39 is 5.60 Å². The molecule has 0 aliphatic rings. The summed E-state index contributed by atoms with van der Waals surface area (Å²) in [6.07, 6.45) is 2.05. The molecular weight excluding hydrogens is 285 g/mol. The van der Waals surface area contributed by atoms with E-state index in [1.54, 1.807) is 25.6 Å². The van der Waals surface area contributed by atoms with Gasteiger partial charge in [-0.05, 0) is 29.7 Å². The van der Waals surface area contributed by atoms with Crippen LogP contribution in [0.25, 0.3) is 0 Å². The van der Waals surface area contributed by atoms with E-state index in [1.807, 2.05) is 0 Å². The van der Waals surface area contributed by atoms with Crippen molar-refractivity contribution in [2.24, 2.45) is 5.41 Å². The zero-order valence-corrected chi connectivity index (χ0v) is 13.4. The smallest absolute Gasteiger partial charge is 0.153 e. The molecule has 1 unspecified atom stereocenters. The average Bonchev–Trinajstić information content (AvgIpc) is 2.96. The number of nitrogens with one attached hydrogen (secondary N) is 1. The highest BCUT2D eigenvalue weighted by molar-refractivity contribution is 5.22. The lowest BCUT2D eigenvalue weighted by molar-refractivity contribution is -0.117. The Kier molecular flexibility index (Phi) is 4.81. The van der Waals surface area contributed by atoms with Gasteiger partial charge in [-0.3, -0.25) is 5.10 Å². The van der Waals surface area contributed by atoms with Crippen molar-refractivity contribution in [2.75, 3.05) is 13.7 Å². The van der Waals surface area contributed by atoms with E-state index in [2.05, 4.69) is 36.0 Å². The fourth-order valence-corrected chi connectivity index (χ4v) is 2.28. The van der Waals surface area contributed by atoms with Crippen LogP contribution in [0.5, 0.6) is 5.75 Å². The third-order valence-electron chi connectivity index (χ3n) is 3.95. The summed E-state index contributed by atoms with van der Waals surface area (Å²) in [6.45, 7) is 6.55. The maximum absolute atomic E-state index is 13.0. The van der Waals surface area contributed by atoms with Gasteiger partial charge in [-0.1, -0.05) is 20.8 Å². The molecule has 1 atom stereocenters. The molecule has 0 saturated carbocycles. The Balaban J connectivity index is 2.18. The summed E-state index contributed by atoms with van der Waals surface area (Å²) < 4.78 is 24.6. The van der Waals surface area contributed by atoms with Gasteiger partial charge in [0, 0.05) is 13.5 Å². The summed E-state index contributed by atoms with van der Waals surface area (Å²) in [5, 5.41) is 6.82. The lowest BCUT2D eigenvalue weighted by atomic mass is 9.74. The molecule has 0 radical (unpaired) electrons. The third-order valence-corrected chi connectivity index (χ3v) is 3.95. The van der Waals surface area contributed by atoms with Crippen LogP contribution in [0.3, 0.4) is 0 Å². The van der Waals surface area contributed by atoms with Gasteiger partial charge in [0.25, 0.3) is 0 Å². The summed E-state index contributed by atoms with van der Waals surface area (Å²) in [6, 6.07) is 5.95. The topological polar surface area (TPSA) is 60.0 Å². The Morgan fingerprint density at radius 3 is 2.36 bits per heavy atom. The van der Waals surface area contributed by atoms with Gasteiger partial charge in [0.2, 0.25) is 0 Å². The Labute approximate surface area is 129 Å². The average molecular weight is 307 g/mol. The number of benzene rings is 1. The van der Waals surface area contributed by atoms with Crippen LogP contribution in [0.15, 0.2) is 30.6 Å². The number of rotatable bonds is 6. The molecule has 1 aromatic carbocycles.